The van der Waals surface area contributed by atoms with Crippen LogP contribution in [0.3, 0.4) is 0 Å². The molecule has 28 heavy (non-hydrogen) atoms. The summed E-state index contributed by atoms with van der Waals surface area (Å²) in [6.07, 6.45) is 6.74. The second-order valence-corrected chi connectivity index (χ2v) is 8.95. The molecule has 8 heteroatoms. The van der Waals surface area contributed by atoms with Gasteiger partial charge < -0.3 is 9.47 Å². The number of unbranched alkanes of at least 4 members (excludes halogenated alkanes) is 2. The Labute approximate surface area is 170 Å². The fourth-order valence-corrected chi connectivity index (χ4v) is 3.48. The monoisotopic (exact) mass is 422 g/mol. The minimum absolute atomic E-state index is 0.0747. The van der Waals surface area contributed by atoms with Gasteiger partial charge in [-0.15, -0.1) is 0 Å². The molecule has 3 atom stereocenters. The second-order valence-electron chi connectivity index (χ2n) is 7.35. The van der Waals surface area contributed by atoms with Crippen LogP contribution >= 0.6 is 0 Å². The molecule has 0 spiro atoms. The number of rotatable bonds is 16. The summed E-state index contributed by atoms with van der Waals surface area (Å²) in [4.78, 5) is 24.2. The fourth-order valence-electron chi connectivity index (χ4n) is 2.82. The molecule has 0 aromatic rings. The van der Waals surface area contributed by atoms with Crippen molar-refractivity contribution in [1.82, 2.24) is 0 Å². The van der Waals surface area contributed by atoms with Gasteiger partial charge in [0.15, 0.2) is 5.25 Å². The standard InChI is InChI=1S/C20H38O7S/c1-5-9-11-16(7-3)14-26-19(21)13-18(28(23,24)25)20(22)27-15-17(8-4)12-10-6-2/h16-18H,5-15H2,1-4H3,(H,23,24,25)/t16-,17-,18+/m0/s1. The number of ether oxygens (including phenoxy) is 2. The summed E-state index contributed by atoms with van der Waals surface area (Å²) in [7, 11) is -4.76. The van der Waals surface area contributed by atoms with Crippen molar-refractivity contribution in [3.05, 3.63) is 0 Å². The first-order chi connectivity index (χ1) is 13.2. The van der Waals surface area contributed by atoms with Crippen LogP contribution < -0.4 is 0 Å². The van der Waals surface area contributed by atoms with Gasteiger partial charge in [0, 0.05) is 0 Å². The molecule has 0 rings (SSSR count). The van der Waals surface area contributed by atoms with Crippen LogP contribution in [-0.4, -0.2) is 43.4 Å². The molecule has 1 N–H and O–H groups in total. The van der Waals surface area contributed by atoms with Crippen molar-refractivity contribution in [1.29, 1.82) is 0 Å². The smallest absolute Gasteiger partial charge is 0.327 e. The Bertz CT molecular complexity index is 545. The molecule has 0 saturated carbocycles. The average molecular weight is 423 g/mol. The number of hydrogen-bond donors (Lipinski definition) is 1. The van der Waals surface area contributed by atoms with Gasteiger partial charge >= 0.3 is 11.9 Å². The Hall–Kier alpha value is -1.15. The molecule has 0 bridgehead atoms. The van der Waals surface area contributed by atoms with E-state index in [1.807, 2.05) is 13.8 Å². The van der Waals surface area contributed by atoms with Gasteiger partial charge in [-0.2, -0.15) is 8.42 Å². The van der Waals surface area contributed by atoms with E-state index < -0.39 is 33.7 Å². The Morgan fingerprint density at radius 2 is 1.32 bits per heavy atom. The molecule has 0 saturated heterocycles. The molecule has 0 heterocycles. The van der Waals surface area contributed by atoms with Crippen molar-refractivity contribution >= 4 is 22.1 Å². The van der Waals surface area contributed by atoms with Gasteiger partial charge in [0.2, 0.25) is 0 Å². The van der Waals surface area contributed by atoms with Crippen molar-refractivity contribution in [2.75, 3.05) is 13.2 Å². The summed E-state index contributed by atoms with van der Waals surface area (Å²) >= 11 is 0. The molecule has 0 aromatic heterocycles. The van der Waals surface area contributed by atoms with Crippen LogP contribution in [0.2, 0.25) is 0 Å². The van der Waals surface area contributed by atoms with Gasteiger partial charge in [-0.05, 0) is 24.7 Å². The highest BCUT2D eigenvalue weighted by Gasteiger charge is 2.36. The molecule has 0 amide bonds. The average Bonchev–Trinajstić information content (AvgIpc) is 2.65. The lowest BCUT2D eigenvalue weighted by Crippen LogP contribution is -2.35. The number of hydrogen-bond acceptors (Lipinski definition) is 6. The molecule has 0 aliphatic carbocycles. The predicted molar refractivity (Wildman–Crippen MR) is 108 cm³/mol. The third-order valence-electron chi connectivity index (χ3n) is 5.00. The van der Waals surface area contributed by atoms with Crippen molar-refractivity contribution in [2.24, 2.45) is 11.8 Å². The largest absolute Gasteiger partial charge is 0.465 e. The number of carbonyl (C=O) groups is 2. The first-order valence-electron chi connectivity index (χ1n) is 10.5. The molecule has 0 radical (unpaired) electrons. The van der Waals surface area contributed by atoms with Crippen LogP contribution in [0.1, 0.15) is 85.5 Å². The Morgan fingerprint density at radius 3 is 1.71 bits per heavy atom. The highest BCUT2D eigenvalue weighted by atomic mass is 32.2. The minimum atomic E-state index is -4.76. The number of carbonyl (C=O) groups excluding carboxylic acids is 2. The Morgan fingerprint density at radius 1 is 0.857 bits per heavy atom. The molecule has 166 valence electrons. The van der Waals surface area contributed by atoms with Gasteiger partial charge in [-0.1, -0.05) is 66.2 Å². The molecule has 7 nitrogen and oxygen atoms in total. The summed E-state index contributed by atoms with van der Waals surface area (Å²) in [5.41, 5.74) is 0. The van der Waals surface area contributed by atoms with E-state index in [-0.39, 0.29) is 25.0 Å². The Kier molecular flexibility index (Phi) is 14.2. The minimum Gasteiger partial charge on any atom is -0.465 e. The second kappa shape index (κ2) is 14.8. The van der Waals surface area contributed by atoms with Crippen molar-refractivity contribution in [3.63, 3.8) is 0 Å². The van der Waals surface area contributed by atoms with E-state index in [4.69, 9.17) is 9.47 Å². The summed E-state index contributed by atoms with van der Waals surface area (Å²) in [5, 5.41) is -1.95. The maximum absolute atomic E-state index is 12.2. The molecule has 0 aliphatic heterocycles. The van der Waals surface area contributed by atoms with Crippen LogP contribution in [0, 0.1) is 11.8 Å². The third-order valence-corrected chi connectivity index (χ3v) is 6.08. The van der Waals surface area contributed by atoms with Crippen molar-refractivity contribution in [3.8, 4) is 0 Å². The zero-order chi connectivity index (χ0) is 21.6. The SMILES string of the molecule is CCCC[C@H](CC)COC(=O)C[C@H](C(=O)OC[C@@H](CC)CCCC)S(=O)(=O)O. The van der Waals surface area contributed by atoms with Crippen molar-refractivity contribution in [2.45, 2.75) is 90.7 Å². The molecule has 0 aliphatic rings. The summed E-state index contributed by atoms with van der Waals surface area (Å²) in [5.74, 6) is -1.61. The van der Waals surface area contributed by atoms with Gasteiger partial charge in [-0.25, -0.2) is 0 Å². The van der Waals surface area contributed by atoms with Crippen LogP contribution in [0.15, 0.2) is 0 Å². The molecular formula is C20H38O7S. The first-order valence-corrected chi connectivity index (χ1v) is 12.0. The van der Waals surface area contributed by atoms with Crippen LogP contribution in [0.4, 0.5) is 0 Å². The van der Waals surface area contributed by atoms with E-state index >= 15 is 0 Å². The zero-order valence-electron chi connectivity index (χ0n) is 17.8. The molecule has 0 unspecified atom stereocenters. The summed E-state index contributed by atoms with van der Waals surface area (Å²) in [6, 6.07) is 0. The van der Waals surface area contributed by atoms with Crippen LogP contribution in [-0.2, 0) is 29.2 Å². The topological polar surface area (TPSA) is 107 Å². The van der Waals surface area contributed by atoms with Crippen LogP contribution in [0.5, 0.6) is 0 Å². The highest BCUT2D eigenvalue weighted by molar-refractivity contribution is 7.87. The molecule has 0 aromatic carbocycles. The van der Waals surface area contributed by atoms with E-state index in [2.05, 4.69) is 13.8 Å². The maximum Gasteiger partial charge on any atom is 0.327 e. The van der Waals surface area contributed by atoms with Gasteiger partial charge in [0.1, 0.15) is 0 Å². The summed E-state index contributed by atoms with van der Waals surface area (Å²) in [6.45, 7) is 8.35. The van der Waals surface area contributed by atoms with Crippen LogP contribution in [0.25, 0.3) is 0 Å². The molecule has 0 fully saturated rings. The van der Waals surface area contributed by atoms with E-state index in [1.54, 1.807) is 0 Å². The maximum atomic E-state index is 12.2. The van der Waals surface area contributed by atoms with Crippen molar-refractivity contribution < 1.29 is 32.0 Å². The highest BCUT2D eigenvalue weighted by Crippen LogP contribution is 2.17. The van der Waals surface area contributed by atoms with E-state index in [0.717, 1.165) is 51.4 Å². The zero-order valence-corrected chi connectivity index (χ0v) is 18.6. The predicted octanol–water partition coefficient (Wildman–Crippen LogP) is 4.15. The normalized spacial score (nSPS) is 14.9. The lowest BCUT2D eigenvalue weighted by Gasteiger charge is -2.18. The van der Waals surface area contributed by atoms with E-state index in [9.17, 15) is 22.6 Å². The summed E-state index contributed by atoms with van der Waals surface area (Å²) < 4.78 is 42.8. The molecular weight excluding hydrogens is 384 g/mol. The Balaban J connectivity index is 4.73. The lowest BCUT2D eigenvalue weighted by molar-refractivity contribution is -0.151. The van der Waals surface area contributed by atoms with Gasteiger partial charge in [-0.3, -0.25) is 14.1 Å². The van der Waals surface area contributed by atoms with Gasteiger partial charge in [0.25, 0.3) is 10.1 Å². The lowest BCUT2D eigenvalue weighted by atomic mass is 10.0. The third kappa shape index (κ3) is 11.6. The first kappa shape index (κ1) is 26.9. The fraction of sp³-hybridized carbons (Fsp3) is 0.900. The quantitative estimate of drug-likeness (QED) is 0.294. The number of esters is 2. The van der Waals surface area contributed by atoms with E-state index in [1.165, 1.54) is 0 Å². The van der Waals surface area contributed by atoms with Gasteiger partial charge in [0.05, 0.1) is 19.6 Å². The van der Waals surface area contributed by atoms with E-state index in [0.29, 0.717) is 0 Å².